The summed E-state index contributed by atoms with van der Waals surface area (Å²) in [7, 11) is -1.66. The van der Waals surface area contributed by atoms with Gasteiger partial charge in [0.1, 0.15) is 0 Å². The molecule has 32 heavy (non-hydrogen) atoms. The summed E-state index contributed by atoms with van der Waals surface area (Å²) in [5.41, 5.74) is 2.11. The van der Waals surface area contributed by atoms with Crippen molar-refractivity contribution in [3.63, 3.8) is 0 Å². The van der Waals surface area contributed by atoms with Crippen LogP contribution in [0.15, 0.2) is 58.4 Å². The fraction of sp³-hybridized carbons (Fsp3) is 0.417. The maximum Gasteiger partial charge on any atom is 0.251 e. The smallest absolute Gasteiger partial charge is 0.251 e. The molecule has 1 fully saturated rings. The highest BCUT2D eigenvalue weighted by Crippen LogP contribution is 2.27. The number of amides is 1. The van der Waals surface area contributed by atoms with E-state index in [-0.39, 0.29) is 17.2 Å². The number of fused-ring (bicyclic) bond motifs is 1. The first-order valence-electron chi connectivity index (χ1n) is 10.8. The predicted octanol–water partition coefficient (Wildman–Crippen LogP) is 4.07. The minimum absolute atomic E-state index is 0.0322. The van der Waals surface area contributed by atoms with Crippen LogP contribution in [0.3, 0.4) is 0 Å². The summed E-state index contributed by atoms with van der Waals surface area (Å²) < 4.78 is 30.7. The Labute approximate surface area is 193 Å². The van der Waals surface area contributed by atoms with Crippen molar-refractivity contribution in [3.05, 3.63) is 58.9 Å². The summed E-state index contributed by atoms with van der Waals surface area (Å²) >= 11 is 1.49. The minimum atomic E-state index is -3.57. The summed E-state index contributed by atoms with van der Waals surface area (Å²) in [5.74, 6) is -0.423. The van der Waals surface area contributed by atoms with Crippen LogP contribution in [0.5, 0.6) is 0 Å². The van der Waals surface area contributed by atoms with Gasteiger partial charge in [-0.05, 0) is 48.1 Å². The van der Waals surface area contributed by atoms with Crippen LogP contribution in [-0.2, 0) is 27.3 Å². The van der Waals surface area contributed by atoms with Gasteiger partial charge in [0.25, 0.3) is 5.91 Å². The number of carbonyl (C=O) groups excluding carboxylic acids is 1. The highest BCUT2D eigenvalue weighted by Gasteiger charge is 2.32. The van der Waals surface area contributed by atoms with Crippen molar-refractivity contribution in [3.8, 4) is 0 Å². The van der Waals surface area contributed by atoms with E-state index >= 15 is 0 Å². The molecule has 1 aliphatic rings. The van der Waals surface area contributed by atoms with Gasteiger partial charge in [-0.3, -0.25) is 4.79 Å². The third kappa shape index (κ3) is 4.44. The van der Waals surface area contributed by atoms with Crippen LogP contribution in [0, 0.1) is 5.92 Å². The predicted molar refractivity (Wildman–Crippen MR) is 128 cm³/mol. The Morgan fingerprint density at radius 1 is 1.03 bits per heavy atom. The molecule has 0 unspecified atom stereocenters. The van der Waals surface area contributed by atoms with E-state index in [1.807, 2.05) is 48.0 Å². The van der Waals surface area contributed by atoms with Crippen molar-refractivity contribution in [1.82, 2.24) is 8.87 Å². The van der Waals surface area contributed by atoms with Crippen molar-refractivity contribution in [2.24, 2.45) is 18.0 Å². The Morgan fingerprint density at radius 2 is 1.66 bits per heavy atom. The molecule has 1 aromatic heterocycles. The number of aromatic nitrogens is 1. The minimum Gasteiger partial charge on any atom is -0.319 e. The largest absolute Gasteiger partial charge is 0.319 e. The van der Waals surface area contributed by atoms with Crippen LogP contribution >= 0.6 is 11.3 Å². The van der Waals surface area contributed by atoms with Crippen LogP contribution in [0.1, 0.15) is 39.2 Å². The fourth-order valence-electron chi connectivity index (χ4n) is 3.99. The Morgan fingerprint density at radius 3 is 2.25 bits per heavy atom. The molecule has 1 saturated heterocycles. The van der Waals surface area contributed by atoms with E-state index in [2.05, 4.69) is 25.8 Å². The van der Waals surface area contributed by atoms with Crippen molar-refractivity contribution >= 4 is 37.5 Å². The number of piperidine rings is 1. The van der Waals surface area contributed by atoms with Crippen LogP contribution in [0.4, 0.5) is 0 Å². The quantitative estimate of drug-likeness (QED) is 0.578. The third-order valence-corrected chi connectivity index (χ3v) is 9.11. The Balaban J connectivity index is 1.46. The molecule has 4 rings (SSSR count). The molecular formula is C24H29N3O3S2. The van der Waals surface area contributed by atoms with E-state index in [0.717, 1.165) is 15.8 Å². The SMILES string of the molecule is Cn1c(=NC(=O)C2CCN(S(=O)(=O)c3ccc(C(C)(C)C)cc3)CC2)sc2ccccc21. The average molecular weight is 472 g/mol. The lowest BCUT2D eigenvalue weighted by atomic mass is 9.87. The third-order valence-electron chi connectivity index (χ3n) is 6.08. The van der Waals surface area contributed by atoms with Gasteiger partial charge in [-0.1, -0.05) is 56.4 Å². The van der Waals surface area contributed by atoms with Gasteiger partial charge in [-0.15, -0.1) is 0 Å². The Bertz CT molecular complexity index is 1310. The number of para-hydroxylation sites is 1. The summed E-state index contributed by atoms with van der Waals surface area (Å²) in [6.07, 6.45) is 0.965. The number of aryl methyl sites for hydroxylation is 1. The normalized spacial score (nSPS) is 17.2. The van der Waals surface area contributed by atoms with Crippen molar-refractivity contribution < 1.29 is 13.2 Å². The lowest BCUT2D eigenvalue weighted by Gasteiger charge is -2.30. The summed E-state index contributed by atoms with van der Waals surface area (Å²) in [6.45, 7) is 6.95. The number of nitrogens with zero attached hydrogens (tertiary/aromatic N) is 3. The van der Waals surface area contributed by atoms with E-state index in [4.69, 9.17) is 0 Å². The number of carbonyl (C=O) groups is 1. The Hall–Kier alpha value is -2.29. The topological polar surface area (TPSA) is 71.7 Å². The van der Waals surface area contributed by atoms with Crippen molar-refractivity contribution in [2.45, 2.75) is 43.9 Å². The molecule has 0 N–H and O–H groups in total. The summed E-state index contributed by atoms with van der Waals surface area (Å²) in [4.78, 5) is 18.2. The highest BCUT2D eigenvalue weighted by molar-refractivity contribution is 7.89. The van der Waals surface area contributed by atoms with Gasteiger partial charge in [0.15, 0.2) is 4.80 Å². The molecule has 6 nitrogen and oxygen atoms in total. The van der Waals surface area contributed by atoms with E-state index in [1.165, 1.54) is 15.6 Å². The van der Waals surface area contributed by atoms with Gasteiger partial charge in [-0.2, -0.15) is 9.30 Å². The monoisotopic (exact) mass is 471 g/mol. The van der Waals surface area contributed by atoms with Gasteiger partial charge in [0.05, 0.1) is 15.1 Å². The van der Waals surface area contributed by atoms with Crippen molar-refractivity contribution in [1.29, 1.82) is 0 Å². The van der Waals surface area contributed by atoms with Gasteiger partial charge >= 0.3 is 0 Å². The van der Waals surface area contributed by atoms with Gasteiger partial charge in [-0.25, -0.2) is 8.42 Å². The molecule has 1 aliphatic heterocycles. The molecule has 0 saturated carbocycles. The number of benzene rings is 2. The van der Waals surface area contributed by atoms with Gasteiger partial charge in [0.2, 0.25) is 10.0 Å². The van der Waals surface area contributed by atoms with E-state index in [1.54, 1.807) is 12.1 Å². The second kappa shape index (κ2) is 8.57. The molecule has 2 aromatic carbocycles. The van der Waals surface area contributed by atoms with Crippen LogP contribution < -0.4 is 4.80 Å². The summed E-state index contributed by atoms with van der Waals surface area (Å²) in [5, 5.41) is 0. The number of rotatable bonds is 3. The zero-order valence-corrected chi connectivity index (χ0v) is 20.5. The zero-order chi connectivity index (χ0) is 23.1. The van der Waals surface area contributed by atoms with Crippen LogP contribution in [0.25, 0.3) is 10.2 Å². The second-order valence-electron chi connectivity index (χ2n) is 9.31. The molecule has 1 amide bonds. The number of hydrogen-bond donors (Lipinski definition) is 0. The molecular weight excluding hydrogens is 442 g/mol. The first-order valence-corrected chi connectivity index (χ1v) is 13.1. The van der Waals surface area contributed by atoms with E-state index in [9.17, 15) is 13.2 Å². The average Bonchev–Trinajstić information content (AvgIpc) is 3.08. The molecule has 8 heteroatoms. The molecule has 0 aliphatic carbocycles. The number of hydrogen-bond acceptors (Lipinski definition) is 4. The van der Waals surface area contributed by atoms with Crippen molar-refractivity contribution in [2.75, 3.05) is 13.1 Å². The number of sulfonamides is 1. The number of thiazole rings is 1. The van der Waals surface area contributed by atoms with Crippen LogP contribution in [0.2, 0.25) is 0 Å². The van der Waals surface area contributed by atoms with Gasteiger partial charge < -0.3 is 4.57 Å². The lowest BCUT2D eigenvalue weighted by molar-refractivity contribution is -0.122. The summed E-state index contributed by atoms with van der Waals surface area (Å²) in [6, 6.07) is 15.1. The highest BCUT2D eigenvalue weighted by atomic mass is 32.2. The van der Waals surface area contributed by atoms with Gasteiger partial charge in [0, 0.05) is 26.1 Å². The van der Waals surface area contributed by atoms with E-state index in [0.29, 0.717) is 35.6 Å². The molecule has 0 spiro atoms. The molecule has 2 heterocycles. The zero-order valence-electron chi connectivity index (χ0n) is 18.9. The molecule has 170 valence electrons. The van der Waals surface area contributed by atoms with Crippen LogP contribution in [-0.4, -0.2) is 36.3 Å². The lowest BCUT2D eigenvalue weighted by Crippen LogP contribution is -2.40. The molecule has 0 radical (unpaired) electrons. The molecule has 0 atom stereocenters. The first kappa shape index (κ1) is 22.9. The van der Waals surface area contributed by atoms with E-state index < -0.39 is 10.0 Å². The molecule has 3 aromatic rings. The maximum absolute atomic E-state index is 13.1. The maximum atomic E-state index is 13.1. The first-order chi connectivity index (χ1) is 15.1. The standard InChI is InChI=1S/C24H29N3O3S2/c1-24(2,3)18-9-11-19(12-10-18)32(29,30)27-15-13-17(14-16-27)22(28)25-23-26(4)20-7-5-6-8-21(20)31-23/h5-12,17H,13-16H2,1-4H3. The Kier molecular flexibility index (Phi) is 6.13. The molecule has 0 bridgehead atoms. The second-order valence-corrected chi connectivity index (χ2v) is 12.3. The fourth-order valence-corrected chi connectivity index (χ4v) is 6.49.